The Morgan fingerprint density at radius 1 is 1.33 bits per heavy atom. The Bertz CT molecular complexity index is 1340. The predicted molar refractivity (Wildman–Crippen MR) is 123 cm³/mol. The summed E-state index contributed by atoms with van der Waals surface area (Å²) in [4.78, 5) is 16.3. The van der Waals surface area contributed by atoms with E-state index in [9.17, 15) is 26.9 Å². The third kappa shape index (κ3) is 6.87. The van der Waals surface area contributed by atoms with Crippen molar-refractivity contribution in [3.8, 4) is 17.6 Å². The number of hydrogen-bond acceptors (Lipinski definition) is 11. The van der Waals surface area contributed by atoms with Gasteiger partial charge in [-0.15, -0.1) is 0 Å². The summed E-state index contributed by atoms with van der Waals surface area (Å²) in [6.45, 7) is 4.76. The van der Waals surface area contributed by atoms with Crippen molar-refractivity contribution in [3.63, 3.8) is 0 Å². The SMILES string of the molecule is CCOc1cc(/C=C(/C#N)C(=O)Nc2nc(S(=O)(=O)C(C)C)ns2)cc(Cl)c1OS(C)(=O)=O. The molecular weight excluding hydrogens is 516 g/mol. The second kappa shape index (κ2) is 10.5. The molecule has 178 valence electrons. The number of amides is 1. The zero-order valence-electron chi connectivity index (χ0n) is 17.8. The molecule has 0 fully saturated rings. The molecular formula is C18H19ClN4O7S3. The lowest BCUT2D eigenvalue weighted by Gasteiger charge is -2.13. The van der Waals surface area contributed by atoms with Gasteiger partial charge in [-0.05, 0) is 44.5 Å². The van der Waals surface area contributed by atoms with E-state index in [1.54, 1.807) is 13.0 Å². The summed E-state index contributed by atoms with van der Waals surface area (Å²) in [5.74, 6) is -1.10. The Balaban J connectivity index is 2.36. The molecule has 0 radical (unpaired) electrons. The van der Waals surface area contributed by atoms with E-state index < -0.39 is 36.3 Å². The first-order chi connectivity index (χ1) is 15.3. The van der Waals surface area contributed by atoms with Crippen LogP contribution in [0.3, 0.4) is 0 Å². The number of nitrogens with zero attached hydrogens (tertiary/aromatic N) is 3. The van der Waals surface area contributed by atoms with E-state index in [1.807, 2.05) is 0 Å². The summed E-state index contributed by atoms with van der Waals surface area (Å²) in [6.07, 6.45) is 2.02. The molecule has 1 aromatic carbocycles. The summed E-state index contributed by atoms with van der Waals surface area (Å²) in [7, 11) is -7.62. The van der Waals surface area contributed by atoms with E-state index in [-0.39, 0.29) is 39.4 Å². The second-order valence-corrected chi connectivity index (χ2v) is 11.8. The molecule has 2 rings (SSSR count). The first-order valence-corrected chi connectivity index (χ1v) is 13.7. The van der Waals surface area contributed by atoms with Gasteiger partial charge in [-0.3, -0.25) is 10.1 Å². The summed E-state index contributed by atoms with van der Waals surface area (Å²) >= 11 is 6.78. The van der Waals surface area contributed by atoms with E-state index in [1.165, 1.54) is 32.1 Å². The largest absolute Gasteiger partial charge is 0.490 e. The first-order valence-electron chi connectivity index (χ1n) is 9.15. The Morgan fingerprint density at radius 3 is 2.55 bits per heavy atom. The van der Waals surface area contributed by atoms with Gasteiger partial charge in [0, 0.05) is 11.5 Å². The average molecular weight is 535 g/mol. The molecule has 33 heavy (non-hydrogen) atoms. The van der Waals surface area contributed by atoms with Crippen LogP contribution in [-0.2, 0) is 24.7 Å². The van der Waals surface area contributed by atoms with Crippen LogP contribution in [0.25, 0.3) is 6.08 Å². The van der Waals surface area contributed by atoms with Crippen LogP contribution in [0.15, 0.2) is 22.9 Å². The number of anilines is 1. The van der Waals surface area contributed by atoms with Crippen molar-refractivity contribution in [2.45, 2.75) is 31.2 Å². The summed E-state index contributed by atoms with van der Waals surface area (Å²) in [6, 6.07) is 4.36. The van der Waals surface area contributed by atoms with Gasteiger partial charge in [-0.25, -0.2) is 8.42 Å². The molecule has 0 unspecified atom stereocenters. The highest BCUT2D eigenvalue weighted by atomic mass is 35.5. The Hall–Kier alpha value is -2.73. The fourth-order valence-electron chi connectivity index (χ4n) is 2.23. The minimum Gasteiger partial charge on any atom is -0.490 e. The first kappa shape index (κ1) is 26.5. The Morgan fingerprint density at radius 2 is 2.00 bits per heavy atom. The van der Waals surface area contributed by atoms with Gasteiger partial charge in [-0.2, -0.15) is 23.0 Å². The fourth-order valence-corrected chi connectivity index (χ4v) is 4.71. The number of carbonyl (C=O) groups excluding carboxylic acids is 1. The van der Waals surface area contributed by atoms with Crippen molar-refractivity contribution in [2.24, 2.45) is 0 Å². The molecule has 0 aliphatic heterocycles. The number of carbonyl (C=O) groups is 1. The van der Waals surface area contributed by atoms with Crippen LogP contribution in [0.4, 0.5) is 5.13 Å². The molecule has 1 aromatic heterocycles. The quantitative estimate of drug-likeness (QED) is 0.287. The molecule has 11 nitrogen and oxygen atoms in total. The third-order valence-electron chi connectivity index (χ3n) is 3.75. The Kier molecular flexibility index (Phi) is 8.41. The molecule has 0 saturated carbocycles. The number of halogens is 1. The maximum absolute atomic E-state index is 12.5. The van der Waals surface area contributed by atoms with Gasteiger partial charge in [0.2, 0.25) is 20.7 Å². The number of aromatic nitrogens is 2. The number of nitrogens with one attached hydrogen (secondary N) is 1. The standard InChI is InChI=1S/C18H19ClN4O7S3/c1-5-29-14-8-11(7-13(19)15(14)30-32(4,25)26)6-12(9-20)16(24)21-17-22-18(23-31-17)33(27,28)10(2)3/h6-8,10H,5H2,1-4H3,(H,21,22,23,24)/b12-6-. The monoisotopic (exact) mass is 534 g/mol. The molecule has 0 atom stereocenters. The van der Waals surface area contributed by atoms with Crippen molar-refractivity contribution in [1.82, 2.24) is 9.36 Å². The Labute approximate surface area is 200 Å². The summed E-state index contributed by atoms with van der Waals surface area (Å²) in [5, 5.41) is 10.3. The highest BCUT2D eigenvalue weighted by molar-refractivity contribution is 7.91. The zero-order valence-corrected chi connectivity index (χ0v) is 21.0. The second-order valence-electron chi connectivity index (χ2n) is 6.65. The van der Waals surface area contributed by atoms with E-state index in [0.717, 1.165) is 6.26 Å². The number of sulfone groups is 1. The molecule has 2 aromatic rings. The number of ether oxygens (including phenoxy) is 1. The molecule has 0 saturated heterocycles. The lowest BCUT2D eigenvalue weighted by Crippen LogP contribution is -2.16. The van der Waals surface area contributed by atoms with Gasteiger partial charge < -0.3 is 8.92 Å². The van der Waals surface area contributed by atoms with E-state index >= 15 is 0 Å². The van der Waals surface area contributed by atoms with Gasteiger partial charge in [0.15, 0.2) is 5.75 Å². The molecule has 1 amide bonds. The summed E-state index contributed by atoms with van der Waals surface area (Å²) < 4.78 is 61.2. The van der Waals surface area contributed by atoms with Gasteiger partial charge in [0.05, 0.1) is 23.1 Å². The lowest BCUT2D eigenvalue weighted by atomic mass is 10.1. The van der Waals surface area contributed by atoms with Crippen molar-refractivity contribution >= 4 is 60.2 Å². The number of rotatable bonds is 9. The topological polar surface area (TPSA) is 165 Å². The minimum absolute atomic E-state index is 0.00738. The van der Waals surface area contributed by atoms with Crippen LogP contribution < -0.4 is 14.2 Å². The van der Waals surface area contributed by atoms with E-state index in [2.05, 4.69) is 14.7 Å². The van der Waals surface area contributed by atoms with Crippen LogP contribution in [-0.4, -0.2) is 50.2 Å². The van der Waals surface area contributed by atoms with Gasteiger partial charge >= 0.3 is 10.1 Å². The molecule has 0 bridgehead atoms. The van der Waals surface area contributed by atoms with Gasteiger partial charge in [0.25, 0.3) is 11.1 Å². The van der Waals surface area contributed by atoms with Gasteiger partial charge in [-0.1, -0.05) is 11.6 Å². The van der Waals surface area contributed by atoms with Crippen molar-refractivity contribution in [1.29, 1.82) is 5.26 Å². The number of nitriles is 1. The number of benzene rings is 1. The van der Waals surface area contributed by atoms with E-state index in [4.69, 9.17) is 20.5 Å². The van der Waals surface area contributed by atoms with Crippen LogP contribution >= 0.6 is 23.1 Å². The number of hydrogen-bond donors (Lipinski definition) is 1. The van der Waals surface area contributed by atoms with Crippen LogP contribution in [0.1, 0.15) is 26.3 Å². The zero-order chi connectivity index (χ0) is 25.0. The molecule has 0 aliphatic rings. The molecule has 1 N–H and O–H groups in total. The average Bonchev–Trinajstić information content (AvgIpc) is 3.17. The molecule has 0 spiro atoms. The predicted octanol–water partition coefficient (Wildman–Crippen LogP) is 2.66. The third-order valence-corrected chi connectivity index (χ3v) is 7.17. The van der Waals surface area contributed by atoms with Crippen LogP contribution in [0.2, 0.25) is 5.02 Å². The van der Waals surface area contributed by atoms with Crippen molar-refractivity contribution < 1.29 is 30.6 Å². The summed E-state index contributed by atoms with van der Waals surface area (Å²) in [5.41, 5.74) is -0.120. The fraction of sp³-hybridized carbons (Fsp3) is 0.333. The smallest absolute Gasteiger partial charge is 0.306 e. The van der Waals surface area contributed by atoms with Crippen molar-refractivity contribution in [3.05, 3.63) is 28.3 Å². The molecule has 0 aliphatic carbocycles. The van der Waals surface area contributed by atoms with E-state index in [0.29, 0.717) is 11.5 Å². The maximum atomic E-state index is 12.5. The lowest BCUT2D eigenvalue weighted by molar-refractivity contribution is -0.112. The van der Waals surface area contributed by atoms with Crippen molar-refractivity contribution in [2.75, 3.05) is 18.2 Å². The van der Waals surface area contributed by atoms with Gasteiger partial charge in [0.1, 0.15) is 11.6 Å². The molecule has 1 heterocycles. The highest BCUT2D eigenvalue weighted by Gasteiger charge is 2.25. The normalized spacial score (nSPS) is 12.3. The maximum Gasteiger partial charge on any atom is 0.306 e. The minimum atomic E-state index is -3.89. The van der Waals surface area contributed by atoms with Crippen LogP contribution in [0.5, 0.6) is 11.5 Å². The highest BCUT2D eigenvalue weighted by Crippen LogP contribution is 2.38. The van der Waals surface area contributed by atoms with Crippen LogP contribution in [0, 0.1) is 11.3 Å². The molecule has 15 heteroatoms.